The van der Waals surface area contributed by atoms with Crippen molar-refractivity contribution in [3.05, 3.63) is 0 Å². The quantitative estimate of drug-likeness (QED) is 0.820. The van der Waals surface area contributed by atoms with Gasteiger partial charge in [-0.25, -0.2) is 0 Å². The Morgan fingerprint density at radius 3 is 2.05 bits per heavy atom. The van der Waals surface area contributed by atoms with Crippen LogP contribution < -0.4 is 5.32 Å². The summed E-state index contributed by atoms with van der Waals surface area (Å²) >= 11 is 0. The highest BCUT2D eigenvalue weighted by atomic mass is 19.4. The molecule has 4 nitrogen and oxygen atoms in total. The standard InChI is InChI=1S/C14H22F3NO3/c1-13(2,8-12(20)21)7-11(19)18-10-5-3-9(4-6-10)14(15,16)17/h9-10H,3-8H2,1-2H3,(H,18,19)(H,20,21). The number of alkyl halides is 3. The van der Waals surface area contributed by atoms with Gasteiger partial charge in [-0.15, -0.1) is 0 Å². The second kappa shape index (κ2) is 6.66. The fraction of sp³-hybridized carbons (Fsp3) is 0.857. The van der Waals surface area contributed by atoms with E-state index in [1.54, 1.807) is 13.8 Å². The predicted octanol–water partition coefficient (Wildman–Crippen LogP) is 3.11. The number of nitrogens with one attached hydrogen (secondary N) is 1. The number of hydrogen-bond acceptors (Lipinski definition) is 2. The highest BCUT2D eigenvalue weighted by molar-refractivity contribution is 5.78. The zero-order valence-corrected chi connectivity index (χ0v) is 12.3. The number of carboxylic acids is 1. The average molecular weight is 309 g/mol. The van der Waals surface area contributed by atoms with Crippen LogP contribution >= 0.6 is 0 Å². The van der Waals surface area contributed by atoms with E-state index in [-0.39, 0.29) is 37.6 Å². The molecule has 0 radical (unpaired) electrons. The third-order valence-corrected chi connectivity index (χ3v) is 3.82. The molecule has 0 aromatic heterocycles. The zero-order chi connectivity index (χ0) is 16.3. The van der Waals surface area contributed by atoms with Gasteiger partial charge >= 0.3 is 12.1 Å². The number of aliphatic carboxylic acids is 1. The minimum absolute atomic E-state index is 0.0347. The molecule has 21 heavy (non-hydrogen) atoms. The van der Waals surface area contributed by atoms with Crippen LogP contribution in [0.1, 0.15) is 52.4 Å². The summed E-state index contributed by atoms with van der Waals surface area (Å²) in [5.74, 6) is -2.54. The summed E-state index contributed by atoms with van der Waals surface area (Å²) in [6.07, 6.45) is -3.53. The van der Waals surface area contributed by atoms with Crippen molar-refractivity contribution in [2.75, 3.05) is 0 Å². The summed E-state index contributed by atoms with van der Waals surface area (Å²) in [6, 6.07) is -0.239. The molecule has 1 amide bonds. The van der Waals surface area contributed by atoms with Crippen molar-refractivity contribution in [2.45, 2.75) is 64.6 Å². The summed E-state index contributed by atoms with van der Waals surface area (Å²) in [6.45, 7) is 3.36. The highest BCUT2D eigenvalue weighted by Crippen LogP contribution is 2.37. The van der Waals surface area contributed by atoms with Gasteiger partial charge in [0.1, 0.15) is 0 Å². The van der Waals surface area contributed by atoms with Gasteiger partial charge in [0.25, 0.3) is 0 Å². The molecule has 0 atom stereocenters. The van der Waals surface area contributed by atoms with Gasteiger partial charge in [-0.05, 0) is 31.1 Å². The van der Waals surface area contributed by atoms with Gasteiger partial charge in [-0.1, -0.05) is 13.8 Å². The molecule has 0 saturated heterocycles. The van der Waals surface area contributed by atoms with E-state index in [1.807, 2.05) is 0 Å². The molecule has 0 spiro atoms. The molecule has 0 aliphatic heterocycles. The van der Waals surface area contributed by atoms with Gasteiger partial charge in [0, 0.05) is 12.5 Å². The minimum atomic E-state index is -4.15. The van der Waals surface area contributed by atoms with Crippen LogP contribution in [0.5, 0.6) is 0 Å². The van der Waals surface area contributed by atoms with E-state index in [4.69, 9.17) is 5.11 Å². The smallest absolute Gasteiger partial charge is 0.391 e. The molecule has 7 heteroatoms. The Morgan fingerprint density at radius 1 is 1.10 bits per heavy atom. The first-order valence-electron chi connectivity index (χ1n) is 7.07. The Bertz CT molecular complexity index is 385. The number of carbonyl (C=O) groups is 2. The van der Waals surface area contributed by atoms with Gasteiger partial charge < -0.3 is 10.4 Å². The normalized spacial score (nSPS) is 23.7. The van der Waals surface area contributed by atoms with Crippen molar-refractivity contribution in [3.8, 4) is 0 Å². The summed E-state index contributed by atoms with van der Waals surface area (Å²) in [5, 5.41) is 11.5. The molecule has 2 N–H and O–H groups in total. The summed E-state index contributed by atoms with van der Waals surface area (Å²) in [5.41, 5.74) is -0.668. The molecule has 0 aromatic carbocycles. The SMILES string of the molecule is CC(C)(CC(=O)O)CC(=O)NC1CCC(C(F)(F)F)CC1. The molecule has 0 unspecified atom stereocenters. The number of halogens is 3. The fourth-order valence-corrected chi connectivity index (χ4v) is 2.75. The van der Waals surface area contributed by atoms with Gasteiger partial charge in [-0.2, -0.15) is 13.2 Å². The molecule has 1 aliphatic rings. The number of carbonyl (C=O) groups excluding carboxylic acids is 1. The van der Waals surface area contributed by atoms with E-state index in [2.05, 4.69) is 5.32 Å². The lowest BCUT2D eigenvalue weighted by Crippen LogP contribution is -2.41. The van der Waals surface area contributed by atoms with E-state index in [1.165, 1.54) is 0 Å². The first-order chi connectivity index (χ1) is 9.49. The number of amides is 1. The van der Waals surface area contributed by atoms with Crippen molar-refractivity contribution in [1.82, 2.24) is 5.32 Å². The first-order valence-corrected chi connectivity index (χ1v) is 7.07. The van der Waals surface area contributed by atoms with Gasteiger partial charge in [-0.3, -0.25) is 9.59 Å². The average Bonchev–Trinajstić information content (AvgIpc) is 2.25. The minimum Gasteiger partial charge on any atom is -0.481 e. The maximum atomic E-state index is 12.5. The Hall–Kier alpha value is -1.27. The first kappa shape index (κ1) is 17.8. The van der Waals surface area contributed by atoms with Crippen LogP contribution in [0.3, 0.4) is 0 Å². The summed E-state index contributed by atoms with van der Waals surface area (Å²) in [7, 11) is 0. The van der Waals surface area contributed by atoms with E-state index in [9.17, 15) is 22.8 Å². The van der Waals surface area contributed by atoms with Gasteiger partial charge in [0.05, 0.1) is 12.3 Å². The topological polar surface area (TPSA) is 66.4 Å². The number of carboxylic acid groups (broad SMARTS) is 1. The summed E-state index contributed by atoms with van der Waals surface area (Å²) in [4.78, 5) is 22.5. The Labute approximate surface area is 122 Å². The maximum Gasteiger partial charge on any atom is 0.391 e. The van der Waals surface area contributed by atoms with Crippen LogP contribution in [-0.4, -0.2) is 29.2 Å². The largest absolute Gasteiger partial charge is 0.481 e. The number of rotatable bonds is 5. The van der Waals surface area contributed by atoms with Crippen LogP contribution in [0.25, 0.3) is 0 Å². The van der Waals surface area contributed by atoms with Crippen molar-refractivity contribution in [1.29, 1.82) is 0 Å². The van der Waals surface area contributed by atoms with Crippen LogP contribution in [0, 0.1) is 11.3 Å². The Morgan fingerprint density at radius 2 is 1.62 bits per heavy atom. The van der Waals surface area contributed by atoms with Crippen molar-refractivity contribution >= 4 is 11.9 Å². The van der Waals surface area contributed by atoms with Crippen molar-refractivity contribution in [3.63, 3.8) is 0 Å². The molecule has 1 rings (SSSR count). The summed E-state index contributed by atoms with van der Waals surface area (Å²) < 4.78 is 37.6. The van der Waals surface area contributed by atoms with Crippen LogP contribution in [-0.2, 0) is 9.59 Å². The van der Waals surface area contributed by atoms with Crippen molar-refractivity contribution < 1.29 is 27.9 Å². The predicted molar refractivity (Wildman–Crippen MR) is 70.6 cm³/mol. The second-order valence-corrected chi connectivity index (χ2v) is 6.57. The molecule has 122 valence electrons. The lowest BCUT2D eigenvalue weighted by molar-refractivity contribution is -0.182. The molecule has 1 aliphatic carbocycles. The molecule has 1 fully saturated rings. The van der Waals surface area contributed by atoms with Crippen molar-refractivity contribution in [2.24, 2.45) is 11.3 Å². The molecule has 0 bridgehead atoms. The molecule has 0 heterocycles. The van der Waals surface area contributed by atoms with E-state index in [0.29, 0.717) is 12.8 Å². The van der Waals surface area contributed by atoms with E-state index in [0.717, 1.165) is 0 Å². The number of hydrogen-bond donors (Lipinski definition) is 2. The van der Waals surface area contributed by atoms with Crippen LogP contribution in [0.15, 0.2) is 0 Å². The third-order valence-electron chi connectivity index (χ3n) is 3.82. The second-order valence-electron chi connectivity index (χ2n) is 6.57. The Kier molecular flexibility index (Phi) is 5.64. The third kappa shape index (κ3) is 6.35. The molecule has 1 saturated carbocycles. The lowest BCUT2D eigenvalue weighted by Gasteiger charge is -2.31. The zero-order valence-electron chi connectivity index (χ0n) is 12.3. The molecule has 0 aromatic rings. The molecular weight excluding hydrogens is 287 g/mol. The van der Waals surface area contributed by atoms with Gasteiger partial charge in [0.15, 0.2) is 0 Å². The molecular formula is C14H22F3NO3. The van der Waals surface area contributed by atoms with Crippen LogP contribution in [0.4, 0.5) is 13.2 Å². The fourth-order valence-electron chi connectivity index (χ4n) is 2.75. The van der Waals surface area contributed by atoms with E-state index >= 15 is 0 Å². The maximum absolute atomic E-state index is 12.5. The van der Waals surface area contributed by atoms with E-state index < -0.39 is 23.5 Å². The monoisotopic (exact) mass is 309 g/mol. The van der Waals surface area contributed by atoms with Crippen LogP contribution in [0.2, 0.25) is 0 Å². The van der Waals surface area contributed by atoms with Gasteiger partial charge in [0.2, 0.25) is 5.91 Å². The highest BCUT2D eigenvalue weighted by Gasteiger charge is 2.41. The Balaban J connectivity index is 2.39. The lowest BCUT2D eigenvalue weighted by atomic mass is 9.83.